The van der Waals surface area contributed by atoms with Crippen molar-refractivity contribution in [1.82, 2.24) is 25.4 Å². The number of aromatic nitrogens is 3. The zero-order chi connectivity index (χ0) is 20.9. The monoisotopic (exact) mass is 418 g/mol. The van der Waals surface area contributed by atoms with Crippen molar-refractivity contribution in [1.29, 1.82) is 0 Å². The summed E-state index contributed by atoms with van der Waals surface area (Å²) < 4.78 is 25.8. The van der Waals surface area contributed by atoms with Gasteiger partial charge in [-0.2, -0.15) is 0 Å². The van der Waals surface area contributed by atoms with E-state index in [1.54, 1.807) is 13.1 Å². The lowest BCUT2D eigenvalue weighted by atomic mass is 10.1. The van der Waals surface area contributed by atoms with E-state index in [1.165, 1.54) is 25.5 Å². The number of guanidine groups is 1. The molecule has 0 unspecified atom stereocenters. The molecule has 2 heterocycles. The lowest BCUT2D eigenvalue weighted by Gasteiger charge is -2.13. The van der Waals surface area contributed by atoms with E-state index < -0.39 is 9.84 Å². The highest BCUT2D eigenvalue weighted by molar-refractivity contribution is 7.90. The second-order valence-corrected chi connectivity index (χ2v) is 9.45. The first-order valence-corrected chi connectivity index (χ1v) is 11.9. The van der Waals surface area contributed by atoms with E-state index in [4.69, 9.17) is 0 Å². The zero-order valence-electron chi connectivity index (χ0n) is 17.4. The molecule has 8 nitrogen and oxygen atoms in total. The van der Waals surface area contributed by atoms with Gasteiger partial charge in [-0.3, -0.25) is 4.99 Å². The second-order valence-electron chi connectivity index (χ2n) is 7.47. The van der Waals surface area contributed by atoms with Crippen LogP contribution < -0.4 is 10.6 Å². The van der Waals surface area contributed by atoms with Crippen molar-refractivity contribution in [3.63, 3.8) is 0 Å². The molecule has 0 saturated heterocycles. The van der Waals surface area contributed by atoms with Crippen LogP contribution in [0.4, 0.5) is 0 Å². The van der Waals surface area contributed by atoms with Crippen LogP contribution in [-0.4, -0.2) is 49.0 Å². The van der Waals surface area contributed by atoms with Crippen molar-refractivity contribution in [3.05, 3.63) is 41.0 Å². The molecule has 0 fully saturated rings. The largest absolute Gasteiger partial charge is 0.356 e. The first-order chi connectivity index (χ1) is 13.9. The molecule has 9 heteroatoms. The molecule has 29 heavy (non-hydrogen) atoms. The Balaban J connectivity index is 1.52. The number of benzene rings is 1. The Morgan fingerprint density at radius 2 is 2.03 bits per heavy atom. The van der Waals surface area contributed by atoms with Crippen LogP contribution in [-0.2, 0) is 35.8 Å². The molecule has 0 atom stereocenters. The van der Waals surface area contributed by atoms with E-state index in [9.17, 15) is 8.42 Å². The normalized spacial score (nSPS) is 14.9. The minimum Gasteiger partial charge on any atom is -0.356 e. The molecule has 0 amide bonds. The quantitative estimate of drug-likeness (QED) is 0.546. The van der Waals surface area contributed by atoms with Gasteiger partial charge in [0.15, 0.2) is 15.8 Å². The van der Waals surface area contributed by atoms with Crippen molar-refractivity contribution in [2.75, 3.05) is 19.8 Å². The summed E-state index contributed by atoms with van der Waals surface area (Å²) in [7, 11) is -1.47. The molecule has 0 saturated carbocycles. The van der Waals surface area contributed by atoms with Gasteiger partial charge in [0.05, 0.1) is 4.90 Å². The zero-order valence-corrected chi connectivity index (χ0v) is 18.2. The van der Waals surface area contributed by atoms with Crippen LogP contribution in [0.5, 0.6) is 0 Å². The maximum atomic E-state index is 11.7. The van der Waals surface area contributed by atoms with Gasteiger partial charge in [0.2, 0.25) is 0 Å². The van der Waals surface area contributed by atoms with Gasteiger partial charge >= 0.3 is 0 Å². The van der Waals surface area contributed by atoms with E-state index >= 15 is 0 Å². The molecule has 2 aromatic rings. The Labute approximate surface area is 172 Å². The number of nitrogens with one attached hydrogen (secondary N) is 2. The smallest absolute Gasteiger partial charge is 0.191 e. The number of aliphatic imine (C=N–C) groups is 1. The second kappa shape index (κ2) is 9.39. The molecular formula is C20H30N6O2S. The number of hydrogen-bond acceptors (Lipinski definition) is 5. The summed E-state index contributed by atoms with van der Waals surface area (Å²) in [5.41, 5.74) is 1.75. The van der Waals surface area contributed by atoms with Gasteiger partial charge in [-0.25, -0.2) is 8.42 Å². The topological polar surface area (TPSA) is 101 Å². The van der Waals surface area contributed by atoms with E-state index in [-0.39, 0.29) is 0 Å². The maximum absolute atomic E-state index is 11.7. The number of fused-ring (bicyclic) bond motifs is 1. The fourth-order valence-electron chi connectivity index (χ4n) is 3.67. The molecule has 1 aliphatic heterocycles. The van der Waals surface area contributed by atoms with Crippen LogP contribution in [0.2, 0.25) is 0 Å². The molecular weight excluding hydrogens is 388 g/mol. The van der Waals surface area contributed by atoms with Crippen LogP contribution in [0, 0.1) is 6.92 Å². The van der Waals surface area contributed by atoms with Gasteiger partial charge in [0, 0.05) is 45.8 Å². The lowest BCUT2D eigenvalue weighted by molar-refractivity contribution is 0.600. The number of rotatable bonds is 6. The number of sulfone groups is 1. The molecule has 1 aliphatic rings. The molecule has 3 rings (SSSR count). The SMILES string of the molecule is CN=C(NCCc1nnc2n1CCCCC2)NCc1ccc(S(C)(=O)=O)c(C)c1. The molecule has 1 aromatic carbocycles. The van der Waals surface area contributed by atoms with Crippen LogP contribution >= 0.6 is 0 Å². The van der Waals surface area contributed by atoms with E-state index in [0.29, 0.717) is 23.9 Å². The standard InChI is InChI=1S/C20H30N6O2S/c1-15-13-16(8-9-17(15)29(3,27)28)14-23-20(21-2)22-11-10-19-25-24-18-7-5-4-6-12-26(18)19/h8-9,13H,4-7,10-12,14H2,1-3H3,(H2,21,22,23). The van der Waals surface area contributed by atoms with Crippen molar-refractivity contribution in [2.45, 2.75) is 57.0 Å². The first-order valence-electron chi connectivity index (χ1n) is 10.0. The molecule has 0 aliphatic carbocycles. The molecule has 0 bridgehead atoms. The Morgan fingerprint density at radius 3 is 2.76 bits per heavy atom. The number of nitrogens with zero attached hydrogens (tertiary/aromatic N) is 4. The third kappa shape index (κ3) is 5.56. The third-order valence-electron chi connectivity index (χ3n) is 5.15. The first kappa shape index (κ1) is 21.3. The van der Waals surface area contributed by atoms with Crippen molar-refractivity contribution in [3.8, 4) is 0 Å². The molecule has 1 aromatic heterocycles. The minimum atomic E-state index is -3.20. The van der Waals surface area contributed by atoms with Gasteiger partial charge in [-0.1, -0.05) is 18.6 Å². The summed E-state index contributed by atoms with van der Waals surface area (Å²) >= 11 is 0. The Bertz CT molecular complexity index is 981. The Hall–Kier alpha value is -2.42. The van der Waals surface area contributed by atoms with Gasteiger partial charge in [0.1, 0.15) is 11.6 Å². The number of aryl methyl sites for hydroxylation is 2. The average Bonchev–Trinajstić information content (AvgIpc) is 2.90. The minimum absolute atomic E-state index is 0.371. The molecule has 2 N–H and O–H groups in total. The fraction of sp³-hybridized carbons (Fsp3) is 0.550. The van der Waals surface area contributed by atoms with Crippen molar-refractivity contribution in [2.24, 2.45) is 4.99 Å². The Morgan fingerprint density at radius 1 is 1.21 bits per heavy atom. The van der Waals surface area contributed by atoms with Gasteiger partial charge < -0.3 is 15.2 Å². The van der Waals surface area contributed by atoms with Crippen LogP contribution in [0.25, 0.3) is 0 Å². The summed E-state index contributed by atoms with van der Waals surface area (Å²) in [5.74, 6) is 2.83. The highest BCUT2D eigenvalue weighted by Crippen LogP contribution is 2.17. The highest BCUT2D eigenvalue weighted by Gasteiger charge is 2.14. The molecule has 158 valence electrons. The maximum Gasteiger partial charge on any atom is 0.191 e. The summed E-state index contributed by atoms with van der Waals surface area (Å²) in [6.07, 6.45) is 6.66. The third-order valence-corrected chi connectivity index (χ3v) is 6.41. The lowest BCUT2D eigenvalue weighted by Crippen LogP contribution is -2.38. The summed E-state index contributed by atoms with van der Waals surface area (Å²) in [5, 5.41) is 15.3. The van der Waals surface area contributed by atoms with Crippen molar-refractivity contribution >= 4 is 15.8 Å². The van der Waals surface area contributed by atoms with E-state index in [2.05, 4.69) is 30.4 Å². The molecule has 0 spiro atoms. The van der Waals surface area contributed by atoms with Crippen LogP contribution in [0.3, 0.4) is 0 Å². The Kier molecular flexibility index (Phi) is 6.89. The number of hydrogen-bond donors (Lipinski definition) is 2. The molecule has 0 radical (unpaired) electrons. The van der Waals surface area contributed by atoms with Crippen LogP contribution in [0.15, 0.2) is 28.1 Å². The predicted molar refractivity (Wildman–Crippen MR) is 114 cm³/mol. The highest BCUT2D eigenvalue weighted by atomic mass is 32.2. The fourth-order valence-corrected chi connectivity index (χ4v) is 4.63. The van der Waals surface area contributed by atoms with E-state index in [1.807, 2.05) is 19.1 Å². The average molecular weight is 419 g/mol. The van der Waals surface area contributed by atoms with Crippen LogP contribution in [0.1, 0.15) is 42.0 Å². The van der Waals surface area contributed by atoms with E-state index in [0.717, 1.165) is 42.2 Å². The predicted octanol–water partition coefficient (Wildman–Crippen LogP) is 1.62. The summed E-state index contributed by atoms with van der Waals surface area (Å²) in [4.78, 5) is 4.63. The van der Waals surface area contributed by atoms with Gasteiger partial charge in [-0.15, -0.1) is 10.2 Å². The van der Waals surface area contributed by atoms with Crippen molar-refractivity contribution < 1.29 is 8.42 Å². The van der Waals surface area contributed by atoms with Gasteiger partial charge in [-0.05, 0) is 37.0 Å². The summed E-state index contributed by atoms with van der Waals surface area (Å²) in [6, 6.07) is 5.38. The van der Waals surface area contributed by atoms with Gasteiger partial charge in [0.25, 0.3) is 0 Å². The summed E-state index contributed by atoms with van der Waals surface area (Å²) in [6.45, 7) is 4.09.